The fourth-order valence-corrected chi connectivity index (χ4v) is 5.85. The second kappa shape index (κ2) is 7.58. The SMILES string of the molecule is NCC1Cc2ccccc2N1C(=O)CCN1CCC2(CCc3ccccc32)CC1. The van der Waals surface area contributed by atoms with Gasteiger partial charge in [-0.05, 0) is 73.4 Å². The van der Waals surface area contributed by atoms with Crippen LogP contribution in [0.4, 0.5) is 5.69 Å². The zero-order valence-corrected chi connectivity index (χ0v) is 17.1. The zero-order valence-electron chi connectivity index (χ0n) is 17.1. The molecule has 0 aromatic heterocycles. The molecule has 2 aromatic carbocycles. The van der Waals surface area contributed by atoms with E-state index in [0.29, 0.717) is 18.4 Å². The van der Waals surface area contributed by atoms with Crippen molar-refractivity contribution in [2.24, 2.45) is 5.73 Å². The van der Waals surface area contributed by atoms with Crippen molar-refractivity contribution in [1.29, 1.82) is 0 Å². The van der Waals surface area contributed by atoms with E-state index in [-0.39, 0.29) is 11.9 Å². The number of fused-ring (bicyclic) bond motifs is 3. The summed E-state index contributed by atoms with van der Waals surface area (Å²) in [6, 6.07) is 17.4. The van der Waals surface area contributed by atoms with E-state index in [1.54, 1.807) is 11.1 Å². The van der Waals surface area contributed by atoms with Crippen LogP contribution in [0.2, 0.25) is 0 Å². The highest BCUT2D eigenvalue weighted by atomic mass is 16.2. The van der Waals surface area contributed by atoms with Crippen molar-refractivity contribution in [3.05, 3.63) is 65.2 Å². The number of benzene rings is 2. The van der Waals surface area contributed by atoms with Gasteiger partial charge >= 0.3 is 0 Å². The van der Waals surface area contributed by atoms with Crippen LogP contribution in [0, 0.1) is 0 Å². The summed E-state index contributed by atoms with van der Waals surface area (Å²) < 4.78 is 0. The van der Waals surface area contributed by atoms with Crippen LogP contribution >= 0.6 is 0 Å². The van der Waals surface area contributed by atoms with Gasteiger partial charge in [-0.15, -0.1) is 0 Å². The number of amides is 1. The zero-order chi connectivity index (χ0) is 19.8. The molecule has 0 saturated carbocycles. The number of rotatable bonds is 4. The molecule has 1 aliphatic carbocycles. The highest BCUT2D eigenvalue weighted by Gasteiger charge is 2.41. The summed E-state index contributed by atoms with van der Waals surface area (Å²) in [5.41, 5.74) is 11.8. The van der Waals surface area contributed by atoms with Crippen LogP contribution in [-0.2, 0) is 23.1 Å². The predicted molar refractivity (Wildman–Crippen MR) is 117 cm³/mol. The maximum Gasteiger partial charge on any atom is 0.228 e. The summed E-state index contributed by atoms with van der Waals surface area (Å²) in [6.45, 7) is 3.57. The van der Waals surface area contributed by atoms with E-state index in [2.05, 4.69) is 41.3 Å². The molecule has 1 unspecified atom stereocenters. The molecule has 5 rings (SSSR count). The van der Waals surface area contributed by atoms with Crippen molar-refractivity contribution in [1.82, 2.24) is 4.90 Å². The molecule has 29 heavy (non-hydrogen) atoms. The number of anilines is 1. The van der Waals surface area contributed by atoms with E-state index in [0.717, 1.165) is 31.7 Å². The lowest BCUT2D eigenvalue weighted by Gasteiger charge is -2.40. The molecule has 1 amide bonds. The summed E-state index contributed by atoms with van der Waals surface area (Å²) in [6.07, 6.45) is 6.41. The summed E-state index contributed by atoms with van der Waals surface area (Å²) in [7, 11) is 0. The first-order chi connectivity index (χ1) is 14.2. The van der Waals surface area contributed by atoms with Crippen LogP contribution in [0.15, 0.2) is 48.5 Å². The van der Waals surface area contributed by atoms with Gasteiger partial charge in [0.05, 0.1) is 6.04 Å². The summed E-state index contributed by atoms with van der Waals surface area (Å²) in [4.78, 5) is 17.5. The Hall–Kier alpha value is -2.17. The number of carbonyl (C=O) groups is 1. The van der Waals surface area contributed by atoms with E-state index < -0.39 is 0 Å². The van der Waals surface area contributed by atoms with Gasteiger partial charge in [-0.1, -0.05) is 42.5 Å². The third kappa shape index (κ3) is 3.28. The fraction of sp³-hybridized carbons (Fsp3) is 0.480. The number of nitrogens with two attached hydrogens (primary N) is 1. The Balaban J connectivity index is 1.20. The Morgan fingerprint density at radius 2 is 1.72 bits per heavy atom. The van der Waals surface area contributed by atoms with Gasteiger partial charge in [-0.2, -0.15) is 0 Å². The standard InChI is InChI=1S/C25H31N3O/c26-18-21-17-20-6-2-4-8-23(20)28(21)24(29)10-14-27-15-12-25(13-16-27)11-9-19-5-1-3-7-22(19)25/h1-8,21H,9-18,26H2. The second-order valence-electron chi connectivity index (χ2n) is 9.02. The van der Waals surface area contributed by atoms with Crippen LogP contribution in [0.25, 0.3) is 0 Å². The maximum absolute atomic E-state index is 13.1. The van der Waals surface area contributed by atoms with E-state index in [9.17, 15) is 4.79 Å². The number of nitrogens with zero attached hydrogens (tertiary/aromatic N) is 2. The molecule has 0 bridgehead atoms. The Morgan fingerprint density at radius 3 is 2.52 bits per heavy atom. The van der Waals surface area contributed by atoms with Crippen LogP contribution in [0.5, 0.6) is 0 Å². The number of likely N-dealkylation sites (tertiary alicyclic amines) is 1. The Bertz CT molecular complexity index is 900. The third-order valence-corrected chi connectivity index (χ3v) is 7.53. The topological polar surface area (TPSA) is 49.6 Å². The minimum atomic E-state index is 0.111. The van der Waals surface area contributed by atoms with Crippen molar-refractivity contribution in [2.75, 3.05) is 31.1 Å². The molecule has 2 heterocycles. The first kappa shape index (κ1) is 18.8. The molecule has 1 atom stereocenters. The number of para-hydroxylation sites is 1. The molecule has 152 valence electrons. The fourth-order valence-electron chi connectivity index (χ4n) is 5.85. The minimum Gasteiger partial charge on any atom is -0.328 e. The van der Waals surface area contributed by atoms with Crippen molar-refractivity contribution in [3.63, 3.8) is 0 Å². The molecule has 2 N–H and O–H groups in total. The molecule has 3 aliphatic rings. The highest BCUT2D eigenvalue weighted by molar-refractivity contribution is 5.96. The monoisotopic (exact) mass is 389 g/mol. The lowest BCUT2D eigenvalue weighted by Crippen LogP contribution is -2.45. The van der Waals surface area contributed by atoms with Crippen LogP contribution in [0.1, 0.15) is 42.4 Å². The molecular weight excluding hydrogens is 358 g/mol. The Labute approximate surface area is 173 Å². The lowest BCUT2D eigenvalue weighted by molar-refractivity contribution is -0.119. The van der Waals surface area contributed by atoms with Gasteiger partial charge in [-0.25, -0.2) is 0 Å². The number of aryl methyl sites for hydroxylation is 1. The number of hydrogen-bond acceptors (Lipinski definition) is 3. The lowest BCUT2D eigenvalue weighted by atomic mass is 9.74. The van der Waals surface area contributed by atoms with Gasteiger partial charge in [0.25, 0.3) is 0 Å². The normalized spacial score (nSPS) is 22.7. The molecule has 1 fully saturated rings. The highest BCUT2D eigenvalue weighted by Crippen LogP contribution is 2.46. The summed E-state index contributed by atoms with van der Waals surface area (Å²) in [5.74, 6) is 0.219. The van der Waals surface area contributed by atoms with Crippen molar-refractivity contribution >= 4 is 11.6 Å². The van der Waals surface area contributed by atoms with Crippen LogP contribution in [0.3, 0.4) is 0 Å². The summed E-state index contributed by atoms with van der Waals surface area (Å²) in [5, 5.41) is 0. The largest absolute Gasteiger partial charge is 0.328 e. The van der Waals surface area contributed by atoms with Gasteiger partial charge in [0.2, 0.25) is 5.91 Å². The maximum atomic E-state index is 13.1. The third-order valence-electron chi connectivity index (χ3n) is 7.53. The first-order valence-electron chi connectivity index (χ1n) is 11.1. The molecule has 4 nitrogen and oxygen atoms in total. The van der Waals surface area contributed by atoms with E-state index in [1.807, 2.05) is 17.0 Å². The van der Waals surface area contributed by atoms with Crippen LogP contribution < -0.4 is 10.6 Å². The molecule has 1 saturated heterocycles. The van der Waals surface area contributed by atoms with Gasteiger partial charge in [0, 0.05) is 25.2 Å². The van der Waals surface area contributed by atoms with E-state index >= 15 is 0 Å². The average molecular weight is 390 g/mol. The summed E-state index contributed by atoms with van der Waals surface area (Å²) >= 11 is 0. The van der Waals surface area contributed by atoms with Crippen LogP contribution in [-0.4, -0.2) is 43.0 Å². The van der Waals surface area contributed by atoms with Gasteiger partial charge in [0.15, 0.2) is 0 Å². The molecule has 2 aromatic rings. The number of carbonyl (C=O) groups excluding carboxylic acids is 1. The first-order valence-corrected chi connectivity index (χ1v) is 11.1. The Kier molecular flexibility index (Phi) is 4.92. The second-order valence-corrected chi connectivity index (χ2v) is 9.02. The van der Waals surface area contributed by atoms with Gasteiger partial charge in [0.1, 0.15) is 0 Å². The molecule has 0 radical (unpaired) electrons. The average Bonchev–Trinajstić information content (AvgIpc) is 3.32. The molecule has 4 heteroatoms. The van der Waals surface area contributed by atoms with Gasteiger partial charge < -0.3 is 15.5 Å². The Morgan fingerprint density at radius 1 is 1.00 bits per heavy atom. The smallest absolute Gasteiger partial charge is 0.228 e. The molecular formula is C25H31N3O. The van der Waals surface area contributed by atoms with Crippen molar-refractivity contribution in [3.8, 4) is 0 Å². The number of hydrogen-bond donors (Lipinski definition) is 1. The molecule has 1 spiro atoms. The minimum absolute atomic E-state index is 0.111. The predicted octanol–water partition coefficient (Wildman–Crippen LogP) is 3.27. The van der Waals surface area contributed by atoms with Crippen molar-refractivity contribution in [2.45, 2.75) is 50.0 Å². The quantitative estimate of drug-likeness (QED) is 0.873. The van der Waals surface area contributed by atoms with E-state index in [1.165, 1.54) is 31.2 Å². The van der Waals surface area contributed by atoms with Crippen molar-refractivity contribution < 1.29 is 4.79 Å². The van der Waals surface area contributed by atoms with E-state index in [4.69, 9.17) is 5.73 Å². The number of piperidine rings is 1. The molecule has 2 aliphatic heterocycles. The van der Waals surface area contributed by atoms with Gasteiger partial charge in [-0.3, -0.25) is 4.79 Å².